The van der Waals surface area contributed by atoms with Crippen molar-refractivity contribution in [3.63, 3.8) is 0 Å². The number of aromatic nitrogens is 2. The van der Waals surface area contributed by atoms with Gasteiger partial charge < -0.3 is 9.84 Å². The maximum Gasteiger partial charge on any atom is 0.341 e. The summed E-state index contributed by atoms with van der Waals surface area (Å²) < 4.78 is 6.55. The van der Waals surface area contributed by atoms with Crippen molar-refractivity contribution in [2.45, 2.75) is 13.5 Å². The van der Waals surface area contributed by atoms with Crippen LogP contribution in [0, 0.1) is 0 Å². The number of halogens is 2. The third kappa shape index (κ3) is 3.23. The van der Waals surface area contributed by atoms with Crippen molar-refractivity contribution in [1.29, 1.82) is 0 Å². The zero-order chi connectivity index (χ0) is 16.3. The predicted octanol–water partition coefficient (Wildman–Crippen LogP) is 2.90. The number of carboxylic acids is 1. The molecule has 1 N–H and O–H groups in total. The van der Waals surface area contributed by atoms with E-state index in [9.17, 15) is 9.59 Å². The van der Waals surface area contributed by atoms with Gasteiger partial charge in [-0.05, 0) is 25.1 Å². The van der Waals surface area contributed by atoms with E-state index in [0.29, 0.717) is 12.2 Å². The second-order valence-corrected chi connectivity index (χ2v) is 5.04. The number of rotatable bonds is 6. The zero-order valence-corrected chi connectivity index (χ0v) is 13.1. The molecule has 2 aromatic rings. The maximum atomic E-state index is 12.5. The highest BCUT2D eigenvalue weighted by Crippen LogP contribution is 2.35. The summed E-state index contributed by atoms with van der Waals surface area (Å²) >= 11 is 12.1. The average Bonchev–Trinajstić information content (AvgIpc) is 2.96. The Kier molecular flexibility index (Phi) is 5.05. The maximum absolute atomic E-state index is 12.5. The number of hydrogen-bond acceptors (Lipinski definition) is 4. The van der Waals surface area contributed by atoms with Gasteiger partial charge in [0, 0.05) is 18.3 Å². The largest absolute Gasteiger partial charge is 0.480 e. The molecule has 0 saturated carbocycles. The van der Waals surface area contributed by atoms with Crippen molar-refractivity contribution >= 4 is 35.0 Å². The molecule has 0 amide bonds. The monoisotopic (exact) mass is 342 g/mol. The third-order valence-corrected chi connectivity index (χ3v) is 3.76. The summed E-state index contributed by atoms with van der Waals surface area (Å²) in [6.07, 6.45) is 1.52. The number of aryl methyl sites for hydroxylation is 1. The van der Waals surface area contributed by atoms with Crippen molar-refractivity contribution < 1.29 is 19.4 Å². The fourth-order valence-electron chi connectivity index (χ4n) is 1.87. The number of benzene rings is 1. The molecule has 0 aliphatic heterocycles. The molecule has 0 saturated heterocycles. The Hall–Kier alpha value is -2.05. The molecule has 0 bridgehead atoms. The first-order valence-corrected chi connectivity index (χ1v) is 7.10. The third-order valence-electron chi connectivity index (χ3n) is 2.89. The van der Waals surface area contributed by atoms with Gasteiger partial charge in [0.05, 0.1) is 5.02 Å². The molecule has 0 spiro atoms. The van der Waals surface area contributed by atoms with E-state index >= 15 is 0 Å². The number of ketones is 1. The van der Waals surface area contributed by atoms with E-state index in [1.165, 1.54) is 18.3 Å². The molecule has 0 atom stereocenters. The first kappa shape index (κ1) is 16.3. The van der Waals surface area contributed by atoms with Crippen LogP contribution in [0.1, 0.15) is 23.0 Å². The van der Waals surface area contributed by atoms with E-state index in [1.54, 1.807) is 10.7 Å². The first-order chi connectivity index (χ1) is 10.5. The van der Waals surface area contributed by atoms with Crippen LogP contribution < -0.4 is 4.74 Å². The summed E-state index contributed by atoms with van der Waals surface area (Å²) in [5.41, 5.74) is 0.587. The Balaban J connectivity index is 2.35. The molecular weight excluding hydrogens is 331 g/mol. The van der Waals surface area contributed by atoms with Crippen molar-refractivity contribution in [2.24, 2.45) is 0 Å². The summed E-state index contributed by atoms with van der Waals surface area (Å²) in [5, 5.41) is 12.6. The van der Waals surface area contributed by atoms with Crippen molar-refractivity contribution in [3.05, 3.63) is 45.7 Å². The number of ether oxygens (including phenoxy) is 1. The van der Waals surface area contributed by atoms with Gasteiger partial charge in [-0.1, -0.05) is 23.2 Å². The molecule has 116 valence electrons. The van der Waals surface area contributed by atoms with Crippen LogP contribution in [0.2, 0.25) is 10.0 Å². The number of hydrogen-bond donors (Lipinski definition) is 1. The van der Waals surface area contributed by atoms with Crippen molar-refractivity contribution in [2.75, 3.05) is 6.61 Å². The Morgan fingerprint density at radius 3 is 2.64 bits per heavy atom. The second-order valence-electron chi connectivity index (χ2n) is 4.28. The van der Waals surface area contributed by atoms with Crippen LogP contribution in [0.3, 0.4) is 0 Å². The topological polar surface area (TPSA) is 81.4 Å². The Labute approximate surface area is 136 Å². The van der Waals surface area contributed by atoms with Crippen LogP contribution in [0.5, 0.6) is 5.75 Å². The molecule has 6 nitrogen and oxygen atoms in total. The SMILES string of the molecule is CCn1nccc1C(=O)c1ccc(OCC(=O)O)c(Cl)c1Cl. The lowest BCUT2D eigenvalue weighted by Crippen LogP contribution is -2.12. The second kappa shape index (κ2) is 6.81. The lowest BCUT2D eigenvalue weighted by Gasteiger charge is -2.11. The van der Waals surface area contributed by atoms with Crippen LogP contribution in [0.25, 0.3) is 0 Å². The Morgan fingerprint density at radius 2 is 2.00 bits per heavy atom. The standard InChI is InChI=1S/C14H12Cl2N2O4/c1-2-18-9(5-6-17-18)14(21)8-3-4-10(13(16)12(8)15)22-7-11(19)20/h3-6H,2,7H2,1H3,(H,19,20). The van der Waals surface area contributed by atoms with E-state index in [0.717, 1.165) is 0 Å². The van der Waals surface area contributed by atoms with E-state index < -0.39 is 12.6 Å². The fraction of sp³-hybridized carbons (Fsp3) is 0.214. The Bertz CT molecular complexity index is 728. The highest BCUT2D eigenvalue weighted by molar-refractivity contribution is 6.45. The fourth-order valence-corrected chi connectivity index (χ4v) is 2.33. The van der Waals surface area contributed by atoms with Gasteiger partial charge in [0.25, 0.3) is 0 Å². The zero-order valence-electron chi connectivity index (χ0n) is 11.5. The smallest absolute Gasteiger partial charge is 0.341 e. The quantitative estimate of drug-likeness (QED) is 0.816. The highest BCUT2D eigenvalue weighted by atomic mass is 35.5. The number of carboxylic acid groups (broad SMARTS) is 1. The van der Waals surface area contributed by atoms with Crippen molar-refractivity contribution in [1.82, 2.24) is 9.78 Å². The molecule has 0 aliphatic rings. The van der Waals surface area contributed by atoms with Gasteiger partial charge in [0.15, 0.2) is 6.61 Å². The summed E-state index contributed by atoms with van der Waals surface area (Å²) in [7, 11) is 0. The molecule has 22 heavy (non-hydrogen) atoms. The van der Waals surface area contributed by atoms with Crippen LogP contribution in [-0.4, -0.2) is 33.2 Å². The van der Waals surface area contributed by atoms with E-state index in [-0.39, 0.29) is 27.1 Å². The minimum absolute atomic E-state index is 0.00340. The molecular formula is C14H12Cl2N2O4. The summed E-state index contributed by atoms with van der Waals surface area (Å²) in [6.45, 7) is 1.85. The molecule has 0 fully saturated rings. The number of aliphatic carboxylic acids is 1. The lowest BCUT2D eigenvalue weighted by molar-refractivity contribution is -0.139. The molecule has 1 aromatic carbocycles. The van der Waals surface area contributed by atoms with E-state index in [2.05, 4.69) is 5.10 Å². The summed E-state index contributed by atoms with van der Waals surface area (Å²) in [5.74, 6) is -1.36. The van der Waals surface area contributed by atoms with Gasteiger partial charge in [0.1, 0.15) is 16.5 Å². The number of carbonyl (C=O) groups excluding carboxylic acids is 1. The number of nitrogens with zero attached hydrogens (tertiary/aromatic N) is 2. The Morgan fingerprint density at radius 1 is 1.27 bits per heavy atom. The van der Waals surface area contributed by atoms with Crippen molar-refractivity contribution in [3.8, 4) is 5.75 Å². The van der Waals surface area contributed by atoms with Crippen LogP contribution in [0.15, 0.2) is 24.4 Å². The molecule has 1 heterocycles. The normalized spacial score (nSPS) is 10.5. The van der Waals surface area contributed by atoms with E-state index in [4.69, 9.17) is 33.0 Å². The summed E-state index contributed by atoms with van der Waals surface area (Å²) in [6, 6.07) is 4.45. The van der Waals surface area contributed by atoms with Gasteiger partial charge in [0.2, 0.25) is 5.78 Å². The van der Waals surface area contributed by atoms with Gasteiger partial charge in [-0.25, -0.2) is 4.79 Å². The average molecular weight is 343 g/mol. The molecule has 1 aromatic heterocycles. The molecule has 0 unspecified atom stereocenters. The first-order valence-electron chi connectivity index (χ1n) is 6.34. The molecule has 0 radical (unpaired) electrons. The molecule has 2 rings (SSSR count). The van der Waals surface area contributed by atoms with Crippen LogP contribution in [0.4, 0.5) is 0 Å². The predicted molar refractivity (Wildman–Crippen MR) is 80.9 cm³/mol. The minimum Gasteiger partial charge on any atom is -0.480 e. The van der Waals surface area contributed by atoms with Gasteiger partial charge in [-0.3, -0.25) is 9.48 Å². The van der Waals surface area contributed by atoms with Gasteiger partial charge in [-0.2, -0.15) is 5.10 Å². The highest BCUT2D eigenvalue weighted by Gasteiger charge is 2.20. The number of carbonyl (C=O) groups is 2. The van der Waals surface area contributed by atoms with Crippen LogP contribution in [-0.2, 0) is 11.3 Å². The van der Waals surface area contributed by atoms with Gasteiger partial charge >= 0.3 is 5.97 Å². The van der Waals surface area contributed by atoms with Gasteiger partial charge in [-0.15, -0.1) is 0 Å². The van der Waals surface area contributed by atoms with Crippen LogP contribution >= 0.6 is 23.2 Å². The summed E-state index contributed by atoms with van der Waals surface area (Å²) in [4.78, 5) is 23.0. The van der Waals surface area contributed by atoms with E-state index in [1.807, 2.05) is 6.92 Å². The lowest BCUT2D eigenvalue weighted by atomic mass is 10.1. The molecule has 0 aliphatic carbocycles. The molecule has 8 heteroatoms. The minimum atomic E-state index is -1.14.